The molecule has 0 aromatic heterocycles. The molecular formula is C17H34N2O. The summed E-state index contributed by atoms with van der Waals surface area (Å²) in [5.74, 6) is 0. The van der Waals surface area contributed by atoms with Crippen LogP contribution in [0.25, 0.3) is 0 Å². The Labute approximate surface area is 125 Å². The molecule has 1 heterocycles. The van der Waals surface area contributed by atoms with Crippen molar-refractivity contribution in [3.63, 3.8) is 0 Å². The number of likely N-dealkylation sites (tertiary alicyclic amines) is 1. The second-order valence-corrected chi connectivity index (χ2v) is 7.51. The molecule has 0 aromatic rings. The van der Waals surface area contributed by atoms with E-state index in [4.69, 9.17) is 4.74 Å². The molecule has 0 bridgehead atoms. The second kappa shape index (κ2) is 7.24. The summed E-state index contributed by atoms with van der Waals surface area (Å²) in [4.78, 5) is 2.74. The van der Waals surface area contributed by atoms with E-state index in [1.54, 1.807) is 0 Å². The molecule has 2 atom stereocenters. The molecule has 20 heavy (non-hydrogen) atoms. The molecule has 2 rings (SSSR count). The van der Waals surface area contributed by atoms with Gasteiger partial charge in [-0.1, -0.05) is 20.8 Å². The minimum absolute atomic E-state index is 0.491. The first-order valence-corrected chi connectivity index (χ1v) is 8.56. The van der Waals surface area contributed by atoms with Crippen LogP contribution >= 0.6 is 0 Å². The Balaban J connectivity index is 1.96. The smallest absolute Gasteiger partial charge is 0.0595 e. The van der Waals surface area contributed by atoms with E-state index in [0.29, 0.717) is 17.6 Å². The van der Waals surface area contributed by atoms with E-state index in [1.165, 1.54) is 51.6 Å². The van der Waals surface area contributed by atoms with Crippen LogP contribution < -0.4 is 5.32 Å². The summed E-state index contributed by atoms with van der Waals surface area (Å²) in [5, 5.41) is 3.81. The van der Waals surface area contributed by atoms with E-state index in [9.17, 15) is 0 Å². The van der Waals surface area contributed by atoms with Gasteiger partial charge in [-0.15, -0.1) is 0 Å². The maximum absolute atomic E-state index is 5.52. The van der Waals surface area contributed by atoms with Gasteiger partial charge in [-0.3, -0.25) is 4.90 Å². The van der Waals surface area contributed by atoms with Gasteiger partial charge >= 0.3 is 0 Å². The Morgan fingerprint density at radius 3 is 2.50 bits per heavy atom. The summed E-state index contributed by atoms with van der Waals surface area (Å²) in [7, 11) is 1.86. The lowest BCUT2D eigenvalue weighted by Crippen LogP contribution is -2.57. The molecule has 2 unspecified atom stereocenters. The average Bonchev–Trinajstić information content (AvgIpc) is 2.45. The van der Waals surface area contributed by atoms with Gasteiger partial charge in [-0.05, 0) is 50.5 Å². The molecule has 0 amide bonds. The Morgan fingerprint density at radius 2 is 1.90 bits per heavy atom. The Kier molecular flexibility index (Phi) is 5.88. The lowest BCUT2D eigenvalue weighted by molar-refractivity contribution is -0.00143. The van der Waals surface area contributed by atoms with E-state index in [0.717, 1.165) is 12.6 Å². The van der Waals surface area contributed by atoms with Gasteiger partial charge in [0, 0.05) is 32.3 Å². The summed E-state index contributed by atoms with van der Waals surface area (Å²) < 4.78 is 5.52. The first-order chi connectivity index (χ1) is 9.55. The van der Waals surface area contributed by atoms with Crippen molar-refractivity contribution >= 4 is 0 Å². The Hall–Kier alpha value is -0.120. The molecule has 1 saturated carbocycles. The number of rotatable bonds is 5. The number of ether oxygens (including phenoxy) is 1. The quantitative estimate of drug-likeness (QED) is 0.839. The van der Waals surface area contributed by atoms with Gasteiger partial charge in [0.2, 0.25) is 0 Å². The van der Waals surface area contributed by atoms with E-state index in [1.807, 2.05) is 7.11 Å². The van der Waals surface area contributed by atoms with Crippen molar-refractivity contribution in [2.24, 2.45) is 5.41 Å². The van der Waals surface area contributed by atoms with Crippen molar-refractivity contribution in [3.05, 3.63) is 0 Å². The zero-order chi connectivity index (χ0) is 14.6. The number of nitrogens with one attached hydrogen (secondary N) is 1. The molecular weight excluding hydrogens is 248 g/mol. The summed E-state index contributed by atoms with van der Waals surface area (Å²) >= 11 is 0. The molecule has 2 aliphatic rings. The third kappa shape index (κ3) is 4.19. The third-order valence-electron chi connectivity index (χ3n) is 5.29. The largest absolute Gasteiger partial charge is 0.381 e. The highest BCUT2D eigenvalue weighted by Crippen LogP contribution is 2.38. The molecule has 3 nitrogen and oxygen atoms in total. The van der Waals surface area contributed by atoms with Gasteiger partial charge in [0.1, 0.15) is 0 Å². The van der Waals surface area contributed by atoms with E-state index < -0.39 is 0 Å². The van der Waals surface area contributed by atoms with Crippen LogP contribution in [0.5, 0.6) is 0 Å². The van der Waals surface area contributed by atoms with Crippen LogP contribution in [0.15, 0.2) is 0 Å². The number of nitrogens with zero attached hydrogens (tertiary/aromatic N) is 1. The van der Waals surface area contributed by atoms with E-state index >= 15 is 0 Å². The monoisotopic (exact) mass is 282 g/mol. The molecule has 0 aromatic carbocycles. The molecule has 0 spiro atoms. The van der Waals surface area contributed by atoms with Crippen LogP contribution in [0.2, 0.25) is 0 Å². The fraction of sp³-hybridized carbons (Fsp3) is 1.00. The highest BCUT2D eigenvalue weighted by atomic mass is 16.5. The van der Waals surface area contributed by atoms with Crippen molar-refractivity contribution in [3.8, 4) is 0 Å². The van der Waals surface area contributed by atoms with Crippen LogP contribution in [0.3, 0.4) is 0 Å². The third-order valence-corrected chi connectivity index (χ3v) is 5.29. The molecule has 1 N–H and O–H groups in total. The molecule has 118 valence electrons. The van der Waals surface area contributed by atoms with E-state index in [-0.39, 0.29) is 0 Å². The first kappa shape index (κ1) is 16.3. The minimum Gasteiger partial charge on any atom is -0.381 e. The van der Waals surface area contributed by atoms with Crippen LogP contribution in [-0.2, 0) is 4.74 Å². The van der Waals surface area contributed by atoms with Crippen molar-refractivity contribution in [2.75, 3.05) is 26.7 Å². The summed E-state index contributed by atoms with van der Waals surface area (Å²) in [6, 6.07) is 1.42. The fourth-order valence-electron chi connectivity index (χ4n) is 3.94. The summed E-state index contributed by atoms with van der Waals surface area (Å²) in [6.45, 7) is 10.7. The highest BCUT2D eigenvalue weighted by Gasteiger charge is 2.38. The lowest BCUT2D eigenvalue weighted by Gasteiger charge is -2.48. The maximum Gasteiger partial charge on any atom is 0.0595 e. The first-order valence-electron chi connectivity index (χ1n) is 8.56. The SMILES string of the molecule is CCCNC1CCC(C)(C)CC1N1CCC(OC)CC1. The zero-order valence-electron chi connectivity index (χ0n) is 14.0. The van der Waals surface area contributed by atoms with Gasteiger partial charge in [0.05, 0.1) is 6.10 Å². The van der Waals surface area contributed by atoms with Gasteiger partial charge in [0.25, 0.3) is 0 Å². The predicted octanol–water partition coefficient (Wildman–Crippen LogP) is 3.04. The molecule has 1 saturated heterocycles. The molecule has 2 fully saturated rings. The minimum atomic E-state index is 0.491. The standard InChI is InChI=1S/C17H34N2O/c1-5-10-18-15-6-9-17(2,3)13-16(15)19-11-7-14(20-4)8-12-19/h14-16,18H,5-13H2,1-4H3. The van der Waals surface area contributed by atoms with Gasteiger partial charge in [0.15, 0.2) is 0 Å². The number of hydrogen-bond donors (Lipinski definition) is 1. The average molecular weight is 282 g/mol. The number of hydrogen-bond acceptors (Lipinski definition) is 3. The van der Waals surface area contributed by atoms with Crippen molar-refractivity contribution in [1.29, 1.82) is 0 Å². The van der Waals surface area contributed by atoms with Gasteiger partial charge in [-0.2, -0.15) is 0 Å². The van der Waals surface area contributed by atoms with Crippen LogP contribution in [0.4, 0.5) is 0 Å². The maximum atomic E-state index is 5.52. The Bertz CT molecular complexity index is 285. The van der Waals surface area contributed by atoms with Crippen LogP contribution in [0, 0.1) is 5.41 Å². The van der Waals surface area contributed by atoms with Crippen LogP contribution in [0.1, 0.15) is 59.3 Å². The van der Waals surface area contributed by atoms with E-state index in [2.05, 4.69) is 31.0 Å². The van der Waals surface area contributed by atoms with Crippen molar-refractivity contribution < 1.29 is 4.74 Å². The van der Waals surface area contributed by atoms with Crippen LogP contribution in [-0.4, -0.2) is 49.8 Å². The topological polar surface area (TPSA) is 24.5 Å². The normalized spacial score (nSPS) is 32.4. The molecule has 0 radical (unpaired) electrons. The van der Waals surface area contributed by atoms with Crippen molar-refractivity contribution in [2.45, 2.75) is 77.5 Å². The molecule has 1 aliphatic heterocycles. The number of methoxy groups -OCH3 is 1. The van der Waals surface area contributed by atoms with Gasteiger partial charge in [-0.25, -0.2) is 0 Å². The Morgan fingerprint density at radius 1 is 1.20 bits per heavy atom. The fourth-order valence-corrected chi connectivity index (χ4v) is 3.94. The highest BCUT2D eigenvalue weighted by molar-refractivity contribution is 4.95. The summed E-state index contributed by atoms with van der Waals surface area (Å²) in [6.07, 6.45) is 8.16. The van der Waals surface area contributed by atoms with Gasteiger partial charge < -0.3 is 10.1 Å². The lowest BCUT2D eigenvalue weighted by atomic mass is 9.72. The molecule has 1 aliphatic carbocycles. The summed E-state index contributed by atoms with van der Waals surface area (Å²) in [5.41, 5.74) is 0.507. The van der Waals surface area contributed by atoms with Crippen molar-refractivity contribution in [1.82, 2.24) is 10.2 Å². The zero-order valence-corrected chi connectivity index (χ0v) is 14.0. The molecule has 3 heteroatoms. The second-order valence-electron chi connectivity index (χ2n) is 7.51. The predicted molar refractivity (Wildman–Crippen MR) is 85.1 cm³/mol. The number of piperidine rings is 1.